The molecule has 0 radical (unpaired) electrons. The zero-order valence-corrected chi connectivity index (χ0v) is 15.1. The number of rotatable bonds is 4. The molecule has 2 heterocycles. The maximum atomic E-state index is 12.4. The van der Waals surface area contributed by atoms with Crippen LogP contribution in [0.5, 0.6) is 0 Å². The third kappa shape index (κ3) is 3.92. The van der Waals surface area contributed by atoms with Crippen molar-refractivity contribution in [3.63, 3.8) is 0 Å². The average molecular weight is 347 g/mol. The second kappa shape index (κ2) is 7.57. The minimum Gasteiger partial charge on any atom is -0.352 e. The third-order valence-electron chi connectivity index (χ3n) is 4.76. The van der Waals surface area contributed by atoms with Crippen LogP contribution in [0.25, 0.3) is 0 Å². The van der Waals surface area contributed by atoms with E-state index < -0.39 is 0 Å². The van der Waals surface area contributed by atoms with Gasteiger partial charge in [-0.3, -0.25) is 9.59 Å². The van der Waals surface area contributed by atoms with Crippen LogP contribution in [0.3, 0.4) is 0 Å². The van der Waals surface area contributed by atoms with Gasteiger partial charge in [-0.05, 0) is 37.8 Å². The molecule has 130 valence electrons. The molecular weight excluding hydrogens is 322 g/mol. The van der Waals surface area contributed by atoms with Gasteiger partial charge >= 0.3 is 0 Å². The van der Waals surface area contributed by atoms with E-state index in [4.69, 9.17) is 0 Å². The largest absolute Gasteiger partial charge is 0.352 e. The number of aryl methyl sites for hydroxylation is 2. The summed E-state index contributed by atoms with van der Waals surface area (Å²) >= 11 is 1.80. The first-order valence-corrected chi connectivity index (χ1v) is 9.65. The zero-order chi connectivity index (χ0) is 17.1. The van der Waals surface area contributed by atoms with E-state index >= 15 is 0 Å². The van der Waals surface area contributed by atoms with Crippen LogP contribution >= 0.6 is 11.8 Å². The van der Waals surface area contributed by atoms with Gasteiger partial charge in [0.25, 0.3) is 5.91 Å². The van der Waals surface area contributed by atoms with E-state index in [1.54, 1.807) is 11.8 Å². The van der Waals surface area contributed by atoms with E-state index in [2.05, 4.69) is 10.6 Å². The fraction of sp³-hybridized carbons (Fsp3) is 0.556. The van der Waals surface area contributed by atoms with Crippen molar-refractivity contribution >= 4 is 23.6 Å². The van der Waals surface area contributed by atoms with Gasteiger partial charge in [-0.15, -0.1) is 11.8 Å². The standard InChI is InChI=1S/C18H25N3O2S/c1-12-3-4-15(13(2)7-12)17(22)20-10-14-8-16(19-9-14)18(23)21-5-6-24-11-21/h3-4,7,14,16,19H,5-6,8-11H2,1-2H3,(H,20,22)/t14-,16-/m0/s1. The lowest BCUT2D eigenvalue weighted by molar-refractivity contribution is -0.131. The lowest BCUT2D eigenvalue weighted by Crippen LogP contribution is -2.42. The molecule has 2 fully saturated rings. The first-order chi connectivity index (χ1) is 11.5. The van der Waals surface area contributed by atoms with Gasteiger partial charge in [0, 0.05) is 31.0 Å². The Labute approximate surface area is 147 Å². The Morgan fingerprint density at radius 1 is 1.38 bits per heavy atom. The van der Waals surface area contributed by atoms with Crippen LogP contribution in [0.1, 0.15) is 27.9 Å². The quantitative estimate of drug-likeness (QED) is 0.867. The van der Waals surface area contributed by atoms with E-state index in [0.29, 0.717) is 12.5 Å². The summed E-state index contributed by atoms with van der Waals surface area (Å²) in [6.45, 7) is 6.23. The Balaban J connectivity index is 1.49. The summed E-state index contributed by atoms with van der Waals surface area (Å²) in [7, 11) is 0. The summed E-state index contributed by atoms with van der Waals surface area (Å²) in [5, 5.41) is 6.34. The van der Waals surface area contributed by atoms with Crippen LogP contribution in [0.15, 0.2) is 18.2 Å². The maximum Gasteiger partial charge on any atom is 0.251 e. The SMILES string of the molecule is Cc1ccc(C(=O)NC[C@@H]2CN[C@H](C(=O)N3CCSC3)C2)c(C)c1. The molecule has 1 aromatic carbocycles. The van der Waals surface area contributed by atoms with E-state index in [1.807, 2.05) is 36.9 Å². The van der Waals surface area contributed by atoms with Crippen molar-refractivity contribution in [2.24, 2.45) is 5.92 Å². The highest BCUT2D eigenvalue weighted by molar-refractivity contribution is 7.99. The predicted molar refractivity (Wildman–Crippen MR) is 97.2 cm³/mol. The Kier molecular flexibility index (Phi) is 5.46. The van der Waals surface area contributed by atoms with Gasteiger partial charge in [-0.1, -0.05) is 17.7 Å². The summed E-state index contributed by atoms with van der Waals surface area (Å²) in [6, 6.07) is 5.77. The third-order valence-corrected chi connectivity index (χ3v) is 5.73. The van der Waals surface area contributed by atoms with Crippen LogP contribution in [0.4, 0.5) is 0 Å². The molecule has 5 nitrogen and oxygen atoms in total. The zero-order valence-electron chi connectivity index (χ0n) is 14.3. The molecule has 6 heteroatoms. The molecule has 2 amide bonds. The highest BCUT2D eigenvalue weighted by Gasteiger charge is 2.33. The first kappa shape index (κ1) is 17.3. The predicted octanol–water partition coefficient (Wildman–Crippen LogP) is 1.54. The Hall–Kier alpha value is -1.53. The number of thioether (sulfide) groups is 1. The normalized spacial score (nSPS) is 23.5. The van der Waals surface area contributed by atoms with Gasteiger partial charge in [-0.25, -0.2) is 0 Å². The number of hydrogen-bond donors (Lipinski definition) is 2. The van der Waals surface area contributed by atoms with Crippen molar-refractivity contribution in [2.75, 3.05) is 31.3 Å². The van der Waals surface area contributed by atoms with Gasteiger partial charge in [0.2, 0.25) is 5.91 Å². The molecule has 0 saturated carbocycles. The summed E-state index contributed by atoms with van der Waals surface area (Å²) in [5.41, 5.74) is 2.88. The van der Waals surface area contributed by atoms with Crippen molar-refractivity contribution in [1.29, 1.82) is 0 Å². The number of nitrogens with one attached hydrogen (secondary N) is 2. The average Bonchev–Trinajstić information content (AvgIpc) is 3.24. The van der Waals surface area contributed by atoms with Crippen molar-refractivity contribution in [3.8, 4) is 0 Å². The van der Waals surface area contributed by atoms with Crippen molar-refractivity contribution in [3.05, 3.63) is 34.9 Å². The molecule has 24 heavy (non-hydrogen) atoms. The smallest absolute Gasteiger partial charge is 0.251 e. The molecule has 1 aromatic rings. The molecular formula is C18H25N3O2S. The van der Waals surface area contributed by atoms with Gasteiger partial charge in [0.1, 0.15) is 0 Å². The monoisotopic (exact) mass is 347 g/mol. The molecule has 0 bridgehead atoms. The summed E-state index contributed by atoms with van der Waals surface area (Å²) in [4.78, 5) is 26.7. The molecule has 2 aliphatic heterocycles. The lowest BCUT2D eigenvalue weighted by atomic mass is 10.0. The van der Waals surface area contributed by atoms with Gasteiger partial charge in [0.15, 0.2) is 0 Å². The topological polar surface area (TPSA) is 61.4 Å². The maximum absolute atomic E-state index is 12.4. The number of nitrogens with zero attached hydrogens (tertiary/aromatic N) is 1. The second-order valence-electron chi connectivity index (χ2n) is 6.73. The molecule has 2 N–H and O–H groups in total. The van der Waals surface area contributed by atoms with Crippen molar-refractivity contribution < 1.29 is 9.59 Å². The molecule has 2 atom stereocenters. The fourth-order valence-corrected chi connectivity index (χ4v) is 4.32. The van der Waals surface area contributed by atoms with E-state index in [1.165, 1.54) is 0 Å². The Morgan fingerprint density at radius 2 is 2.21 bits per heavy atom. The number of hydrogen-bond acceptors (Lipinski definition) is 4. The minimum atomic E-state index is -0.0910. The first-order valence-electron chi connectivity index (χ1n) is 8.50. The Morgan fingerprint density at radius 3 is 2.92 bits per heavy atom. The second-order valence-corrected chi connectivity index (χ2v) is 7.80. The Bertz CT molecular complexity index is 629. The van der Waals surface area contributed by atoms with Crippen LogP contribution in [0, 0.1) is 19.8 Å². The van der Waals surface area contributed by atoms with Gasteiger partial charge in [-0.2, -0.15) is 0 Å². The lowest BCUT2D eigenvalue weighted by Gasteiger charge is -2.19. The molecule has 2 saturated heterocycles. The van der Waals surface area contributed by atoms with E-state index in [-0.39, 0.29) is 17.9 Å². The number of carbonyl (C=O) groups excluding carboxylic acids is 2. The molecule has 0 spiro atoms. The molecule has 0 aliphatic carbocycles. The highest BCUT2D eigenvalue weighted by Crippen LogP contribution is 2.20. The van der Waals surface area contributed by atoms with Gasteiger partial charge in [0.05, 0.1) is 11.9 Å². The highest BCUT2D eigenvalue weighted by atomic mass is 32.2. The minimum absolute atomic E-state index is 0.0294. The summed E-state index contributed by atoms with van der Waals surface area (Å²) in [6.07, 6.45) is 0.799. The van der Waals surface area contributed by atoms with Crippen molar-refractivity contribution in [2.45, 2.75) is 26.3 Å². The van der Waals surface area contributed by atoms with Crippen LogP contribution in [-0.2, 0) is 4.79 Å². The van der Waals surface area contributed by atoms with E-state index in [9.17, 15) is 9.59 Å². The van der Waals surface area contributed by atoms with Gasteiger partial charge < -0.3 is 15.5 Å². The van der Waals surface area contributed by atoms with Crippen molar-refractivity contribution in [1.82, 2.24) is 15.5 Å². The summed E-state index contributed by atoms with van der Waals surface area (Å²) in [5.74, 6) is 2.34. The molecule has 2 aliphatic rings. The van der Waals surface area contributed by atoms with Crippen LogP contribution < -0.4 is 10.6 Å². The molecule has 3 rings (SSSR count). The molecule has 0 unspecified atom stereocenters. The number of amides is 2. The summed E-state index contributed by atoms with van der Waals surface area (Å²) < 4.78 is 0. The fourth-order valence-electron chi connectivity index (χ4n) is 3.36. The molecule has 0 aromatic heterocycles. The number of carbonyl (C=O) groups is 2. The van der Waals surface area contributed by atoms with Crippen LogP contribution in [-0.4, -0.2) is 54.0 Å². The van der Waals surface area contributed by atoms with E-state index in [0.717, 1.165) is 47.8 Å². The van der Waals surface area contributed by atoms with Crippen LogP contribution in [0.2, 0.25) is 0 Å². The number of benzene rings is 1.